The number of aryl methyl sites for hydroxylation is 1. The minimum absolute atomic E-state index is 0.405. The van der Waals surface area contributed by atoms with Crippen LogP contribution in [0.3, 0.4) is 0 Å². The smallest absolute Gasteiger partial charge is 0.161 e. The van der Waals surface area contributed by atoms with Crippen molar-refractivity contribution in [3.63, 3.8) is 0 Å². The molecule has 0 aliphatic carbocycles. The average molecular weight is 269 g/mol. The highest BCUT2D eigenvalue weighted by atomic mass is 16.7. The predicted octanol–water partition coefficient (Wildman–Crippen LogP) is 5.11. The molecule has 1 rings (SSSR count). The van der Waals surface area contributed by atoms with E-state index in [2.05, 4.69) is 16.8 Å². The van der Waals surface area contributed by atoms with Crippen LogP contribution in [0.15, 0.2) is 71.8 Å². The Labute approximate surface area is 119 Å². The summed E-state index contributed by atoms with van der Waals surface area (Å²) in [4.78, 5) is 14.9. The molecule has 0 bridgehead atoms. The second-order valence-corrected chi connectivity index (χ2v) is 4.50. The largest absolute Gasteiger partial charge is 0.324 e. The van der Waals surface area contributed by atoms with Crippen molar-refractivity contribution in [3.05, 3.63) is 82.5 Å². The van der Waals surface area contributed by atoms with E-state index in [4.69, 9.17) is 0 Å². The number of rotatable bonds is 6. The van der Waals surface area contributed by atoms with E-state index in [1.807, 2.05) is 50.3 Å². The van der Waals surface area contributed by atoms with Crippen LogP contribution in [0.2, 0.25) is 0 Å². The van der Waals surface area contributed by atoms with Crippen LogP contribution in [-0.2, 0) is 4.84 Å². The minimum atomic E-state index is 0.405. The summed E-state index contributed by atoms with van der Waals surface area (Å²) in [5.74, 6) is 0.405. The highest BCUT2D eigenvalue weighted by Crippen LogP contribution is 2.20. The zero-order chi connectivity index (χ0) is 15.0. The molecule has 0 aromatic heterocycles. The van der Waals surface area contributed by atoms with Gasteiger partial charge in [-0.05, 0) is 44.1 Å². The molecule has 0 amide bonds. The Balaban J connectivity index is 3.20. The highest BCUT2D eigenvalue weighted by molar-refractivity contribution is 5.76. The topological polar surface area (TPSA) is 38.7 Å². The fraction of sp³-hybridized carbons (Fsp3) is 0.176. The van der Waals surface area contributed by atoms with E-state index in [1.165, 1.54) is 5.56 Å². The molecular formula is C17H19NO2. The van der Waals surface area contributed by atoms with Crippen molar-refractivity contribution in [2.75, 3.05) is 0 Å². The predicted molar refractivity (Wildman–Crippen MR) is 83.7 cm³/mol. The second-order valence-electron chi connectivity index (χ2n) is 4.50. The number of nitrogens with zero attached hydrogens (tertiary/aromatic N) is 1. The van der Waals surface area contributed by atoms with Crippen LogP contribution >= 0.6 is 0 Å². The minimum Gasteiger partial charge on any atom is -0.324 e. The van der Waals surface area contributed by atoms with Gasteiger partial charge in [-0.15, -0.1) is 4.91 Å². The molecule has 1 aromatic carbocycles. The Hall–Kier alpha value is -2.42. The van der Waals surface area contributed by atoms with Gasteiger partial charge < -0.3 is 4.84 Å². The Bertz CT molecular complexity index is 563. The first kappa shape index (κ1) is 15.6. The van der Waals surface area contributed by atoms with Gasteiger partial charge in [0.1, 0.15) is 0 Å². The number of allylic oxidation sites excluding steroid dienone is 6. The lowest BCUT2D eigenvalue weighted by Crippen LogP contribution is -1.86. The van der Waals surface area contributed by atoms with Gasteiger partial charge in [0, 0.05) is 0 Å². The summed E-state index contributed by atoms with van der Waals surface area (Å²) in [6.45, 7) is 9.58. The van der Waals surface area contributed by atoms with Gasteiger partial charge in [0.25, 0.3) is 0 Å². The van der Waals surface area contributed by atoms with Crippen molar-refractivity contribution < 1.29 is 4.84 Å². The molecule has 0 aliphatic heterocycles. The highest BCUT2D eigenvalue weighted by Gasteiger charge is 2.01. The molecular weight excluding hydrogens is 250 g/mol. The van der Waals surface area contributed by atoms with Gasteiger partial charge >= 0.3 is 0 Å². The first-order chi connectivity index (χ1) is 9.56. The normalized spacial score (nSPS) is 12.6. The lowest BCUT2D eigenvalue weighted by Gasteiger charge is -2.05. The van der Waals surface area contributed by atoms with Gasteiger partial charge in [0.2, 0.25) is 0 Å². The van der Waals surface area contributed by atoms with Crippen molar-refractivity contribution >= 4 is 5.57 Å². The van der Waals surface area contributed by atoms with Crippen LogP contribution in [0.4, 0.5) is 0 Å². The summed E-state index contributed by atoms with van der Waals surface area (Å²) >= 11 is 0. The van der Waals surface area contributed by atoms with E-state index in [0.29, 0.717) is 5.76 Å². The summed E-state index contributed by atoms with van der Waals surface area (Å²) in [6, 6.07) is 8.11. The molecule has 1 aromatic rings. The van der Waals surface area contributed by atoms with E-state index >= 15 is 0 Å². The third kappa shape index (κ3) is 5.06. The molecule has 0 heterocycles. The summed E-state index contributed by atoms with van der Waals surface area (Å²) < 4.78 is 0. The summed E-state index contributed by atoms with van der Waals surface area (Å²) in [7, 11) is 0. The van der Waals surface area contributed by atoms with E-state index in [1.54, 1.807) is 19.1 Å². The van der Waals surface area contributed by atoms with Gasteiger partial charge in [-0.3, -0.25) is 0 Å². The van der Waals surface area contributed by atoms with E-state index in [-0.39, 0.29) is 0 Å². The van der Waals surface area contributed by atoms with Crippen LogP contribution < -0.4 is 0 Å². The van der Waals surface area contributed by atoms with Crippen molar-refractivity contribution in [3.8, 4) is 0 Å². The Morgan fingerprint density at radius 1 is 1.25 bits per heavy atom. The second kappa shape index (κ2) is 7.89. The molecule has 0 saturated carbocycles. The lowest BCUT2D eigenvalue weighted by atomic mass is 10.0. The van der Waals surface area contributed by atoms with Crippen LogP contribution in [-0.4, -0.2) is 0 Å². The van der Waals surface area contributed by atoms with Crippen molar-refractivity contribution in [1.29, 1.82) is 0 Å². The molecule has 0 unspecified atom stereocenters. The zero-order valence-corrected chi connectivity index (χ0v) is 12.1. The molecule has 20 heavy (non-hydrogen) atoms. The fourth-order valence-corrected chi connectivity index (χ4v) is 1.56. The van der Waals surface area contributed by atoms with E-state index < -0.39 is 0 Å². The molecule has 0 atom stereocenters. The van der Waals surface area contributed by atoms with Crippen LogP contribution in [0, 0.1) is 11.8 Å². The number of hydrogen-bond acceptors (Lipinski definition) is 3. The van der Waals surface area contributed by atoms with Crippen molar-refractivity contribution in [1.82, 2.24) is 0 Å². The van der Waals surface area contributed by atoms with Gasteiger partial charge in [-0.1, -0.05) is 54.1 Å². The molecule has 0 N–H and O–H groups in total. The van der Waals surface area contributed by atoms with Crippen LogP contribution in [0.1, 0.15) is 25.0 Å². The summed E-state index contributed by atoms with van der Waals surface area (Å²) in [5, 5.41) is 2.46. The quantitative estimate of drug-likeness (QED) is 0.311. The Morgan fingerprint density at radius 2 is 1.90 bits per heavy atom. The average Bonchev–Trinajstić information content (AvgIpc) is 2.43. The first-order valence-electron chi connectivity index (χ1n) is 6.35. The standard InChI is InChI=1S/C17H19NO2/c1-5-17(20-18-19)12-16(9-6-13(2)3)15-10-7-14(4)8-11-15/h5-12H,2H2,1,3-4H3/b9-6+,16-12+,17-5+. The Kier molecular flexibility index (Phi) is 6.17. The van der Waals surface area contributed by atoms with Crippen molar-refractivity contribution in [2.45, 2.75) is 20.8 Å². The molecule has 0 saturated heterocycles. The van der Waals surface area contributed by atoms with Gasteiger partial charge in [0.05, 0.1) is 0 Å². The van der Waals surface area contributed by atoms with Crippen LogP contribution in [0.5, 0.6) is 0 Å². The van der Waals surface area contributed by atoms with Crippen LogP contribution in [0.25, 0.3) is 5.57 Å². The van der Waals surface area contributed by atoms with Gasteiger partial charge in [0.15, 0.2) is 11.1 Å². The molecule has 0 radical (unpaired) electrons. The summed E-state index contributed by atoms with van der Waals surface area (Å²) in [5.41, 5.74) is 4.08. The number of benzene rings is 1. The molecule has 0 fully saturated rings. The molecule has 104 valence electrons. The van der Waals surface area contributed by atoms with Gasteiger partial charge in [-0.25, -0.2) is 0 Å². The van der Waals surface area contributed by atoms with E-state index in [9.17, 15) is 4.91 Å². The first-order valence-corrected chi connectivity index (χ1v) is 6.35. The third-order valence-corrected chi connectivity index (χ3v) is 2.66. The molecule has 3 heteroatoms. The maximum absolute atomic E-state index is 10.2. The SMILES string of the molecule is C=C(C)/C=C/C(=C\C(=C/C)ON=O)c1ccc(C)cc1. The molecule has 3 nitrogen and oxygen atoms in total. The third-order valence-electron chi connectivity index (χ3n) is 2.66. The Morgan fingerprint density at radius 3 is 2.40 bits per heavy atom. The molecule has 0 aliphatic rings. The van der Waals surface area contributed by atoms with Crippen molar-refractivity contribution in [2.24, 2.45) is 5.34 Å². The summed E-state index contributed by atoms with van der Waals surface area (Å²) in [6.07, 6.45) is 7.30. The monoisotopic (exact) mass is 269 g/mol. The molecule has 0 spiro atoms. The number of hydrogen-bond donors (Lipinski definition) is 0. The lowest BCUT2D eigenvalue weighted by molar-refractivity contribution is 0.235. The van der Waals surface area contributed by atoms with Gasteiger partial charge in [-0.2, -0.15) is 0 Å². The maximum Gasteiger partial charge on any atom is 0.161 e. The van der Waals surface area contributed by atoms with E-state index in [0.717, 1.165) is 16.7 Å². The maximum atomic E-state index is 10.2. The zero-order valence-electron chi connectivity index (χ0n) is 12.1. The fourth-order valence-electron chi connectivity index (χ4n) is 1.56.